The van der Waals surface area contributed by atoms with E-state index in [2.05, 4.69) is 17.6 Å². The number of hydrogen-bond acceptors (Lipinski definition) is 3. The molecule has 3 rings (SSSR count). The third-order valence-corrected chi connectivity index (χ3v) is 4.89. The van der Waals surface area contributed by atoms with E-state index in [1.165, 1.54) is 24.8 Å². The summed E-state index contributed by atoms with van der Waals surface area (Å²) in [5, 5.41) is 9.62. The minimum Gasteiger partial charge on any atom is -0.399 e. The molecule has 0 amide bonds. The number of imidazole rings is 1. The standard InChI is InChI=1S/C17H25N3O/c1-2-17-19-15-9-14(18)7-8-16(15)20(17)10-12-5-3-4-6-13(12)11-21/h7-9,12-13,21H,2-6,10-11,18H2,1H3. The highest BCUT2D eigenvalue weighted by Crippen LogP contribution is 2.32. The first-order valence-corrected chi connectivity index (χ1v) is 8.08. The summed E-state index contributed by atoms with van der Waals surface area (Å²) in [6.45, 7) is 3.42. The number of nitrogen functional groups attached to an aromatic ring is 1. The molecule has 114 valence electrons. The van der Waals surface area contributed by atoms with E-state index in [1.807, 2.05) is 12.1 Å². The van der Waals surface area contributed by atoms with Crippen LogP contribution in [-0.2, 0) is 13.0 Å². The van der Waals surface area contributed by atoms with Gasteiger partial charge >= 0.3 is 0 Å². The van der Waals surface area contributed by atoms with E-state index in [9.17, 15) is 5.11 Å². The van der Waals surface area contributed by atoms with Crippen molar-refractivity contribution >= 4 is 16.7 Å². The van der Waals surface area contributed by atoms with Crippen LogP contribution < -0.4 is 5.73 Å². The zero-order valence-corrected chi connectivity index (χ0v) is 12.8. The normalized spacial score (nSPS) is 22.8. The molecule has 1 aliphatic carbocycles. The zero-order valence-electron chi connectivity index (χ0n) is 12.8. The van der Waals surface area contributed by atoms with Gasteiger partial charge in [0, 0.05) is 25.3 Å². The average Bonchev–Trinajstić information content (AvgIpc) is 2.84. The Kier molecular flexibility index (Phi) is 4.15. The Hall–Kier alpha value is -1.55. The van der Waals surface area contributed by atoms with Gasteiger partial charge in [0.2, 0.25) is 0 Å². The topological polar surface area (TPSA) is 64.1 Å². The van der Waals surface area contributed by atoms with E-state index in [4.69, 9.17) is 10.7 Å². The highest BCUT2D eigenvalue weighted by molar-refractivity contribution is 5.79. The van der Waals surface area contributed by atoms with Gasteiger partial charge in [0.25, 0.3) is 0 Å². The van der Waals surface area contributed by atoms with Crippen LogP contribution in [0.3, 0.4) is 0 Å². The lowest BCUT2D eigenvalue weighted by Gasteiger charge is -2.31. The van der Waals surface area contributed by atoms with Gasteiger partial charge in [-0.2, -0.15) is 0 Å². The molecule has 1 aliphatic rings. The highest BCUT2D eigenvalue weighted by Gasteiger charge is 2.26. The summed E-state index contributed by atoms with van der Waals surface area (Å²) in [5.74, 6) is 2.12. The second-order valence-corrected chi connectivity index (χ2v) is 6.23. The molecule has 2 unspecified atom stereocenters. The zero-order chi connectivity index (χ0) is 14.8. The maximum absolute atomic E-state index is 9.62. The largest absolute Gasteiger partial charge is 0.399 e. The fourth-order valence-electron chi connectivity index (χ4n) is 3.67. The van der Waals surface area contributed by atoms with E-state index < -0.39 is 0 Å². The number of anilines is 1. The number of hydrogen-bond donors (Lipinski definition) is 2. The Balaban J connectivity index is 1.95. The minimum atomic E-state index is 0.311. The van der Waals surface area contributed by atoms with Crippen molar-refractivity contribution in [1.82, 2.24) is 9.55 Å². The molecule has 1 aromatic heterocycles. The molecular formula is C17H25N3O. The molecule has 4 heteroatoms. The van der Waals surface area contributed by atoms with Crippen molar-refractivity contribution in [2.24, 2.45) is 11.8 Å². The number of aryl methyl sites for hydroxylation is 1. The van der Waals surface area contributed by atoms with Gasteiger partial charge in [-0.3, -0.25) is 0 Å². The van der Waals surface area contributed by atoms with E-state index in [1.54, 1.807) is 0 Å². The summed E-state index contributed by atoms with van der Waals surface area (Å²) in [5.41, 5.74) is 8.79. The van der Waals surface area contributed by atoms with E-state index in [0.717, 1.165) is 36.4 Å². The molecular weight excluding hydrogens is 262 g/mol. The number of fused-ring (bicyclic) bond motifs is 1. The van der Waals surface area contributed by atoms with Gasteiger partial charge in [0.1, 0.15) is 5.82 Å². The lowest BCUT2D eigenvalue weighted by molar-refractivity contribution is 0.123. The second-order valence-electron chi connectivity index (χ2n) is 6.23. The molecule has 0 saturated heterocycles. The van der Waals surface area contributed by atoms with Gasteiger partial charge < -0.3 is 15.4 Å². The molecule has 0 aliphatic heterocycles. The van der Waals surface area contributed by atoms with E-state index in [0.29, 0.717) is 18.4 Å². The first-order chi connectivity index (χ1) is 10.2. The Morgan fingerprint density at radius 3 is 2.76 bits per heavy atom. The van der Waals surface area contributed by atoms with Crippen molar-refractivity contribution in [1.29, 1.82) is 0 Å². The molecule has 1 heterocycles. The summed E-state index contributed by atoms with van der Waals surface area (Å²) in [7, 11) is 0. The van der Waals surface area contributed by atoms with Crippen LogP contribution in [0.25, 0.3) is 11.0 Å². The molecule has 0 radical (unpaired) electrons. The first-order valence-electron chi connectivity index (χ1n) is 8.08. The lowest BCUT2D eigenvalue weighted by Crippen LogP contribution is -2.27. The van der Waals surface area contributed by atoms with Gasteiger partial charge in [-0.15, -0.1) is 0 Å². The molecule has 2 atom stereocenters. The minimum absolute atomic E-state index is 0.311. The quantitative estimate of drug-likeness (QED) is 0.850. The number of aliphatic hydroxyl groups is 1. The number of aliphatic hydroxyl groups excluding tert-OH is 1. The molecule has 0 bridgehead atoms. The Morgan fingerprint density at radius 1 is 1.29 bits per heavy atom. The van der Waals surface area contributed by atoms with Crippen LogP contribution in [0.15, 0.2) is 18.2 Å². The number of aromatic nitrogens is 2. The van der Waals surface area contributed by atoms with Crippen LogP contribution in [0.2, 0.25) is 0 Å². The smallest absolute Gasteiger partial charge is 0.109 e. The van der Waals surface area contributed by atoms with Crippen molar-refractivity contribution in [3.8, 4) is 0 Å². The monoisotopic (exact) mass is 287 g/mol. The van der Waals surface area contributed by atoms with Gasteiger partial charge in [0.15, 0.2) is 0 Å². The summed E-state index contributed by atoms with van der Waals surface area (Å²) in [6, 6.07) is 5.98. The van der Waals surface area contributed by atoms with Crippen molar-refractivity contribution in [3.63, 3.8) is 0 Å². The summed E-state index contributed by atoms with van der Waals surface area (Å²) in [6.07, 6.45) is 5.82. The van der Waals surface area contributed by atoms with Crippen LogP contribution >= 0.6 is 0 Å². The molecule has 2 aromatic rings. The lowest BCUT2D eigenvalue weighted by atomic mass is 9.79. The predicted octanol–water partition coefficient (Wildman–Crippen LogP) is 2.98. The predicted molar refractivity (Wildman–Crippen MR) is 86.1 cm³/mol. The van der Waals surface area contributed by atoms with Crippen LogP contribution in [0, 0.1) is 11.8 Å². The highest BCUT2D eigenvalue weighted by atomic mass is 16.3. The van der Waals surface area contributed by atoms with Crippen molar-refractivity contribution in [2.75, 3.05) is 12.3 Å². The van der Waals surface area contributed by atoms with Crippen LogP contribution in [-0.4, -0.2) is 21.3 Å². The maximum atomic E-state index is 9.62. The Morgan fingerprint density at radius 2 is 2.05 bits per heavy atom. The first kappa shape index (κ1) is 14.4. The SMILES string of the molecule is CCc1nc2cc(N)ccc2n1CC1CCCCC1CO. The molecule has 1 fully saturated rings. The van der Waals surface area contributed by atoms with Crippen LogP contribution in [0.1, 0.15) is 38.4 Å². The Labute approximate surface area is 126 Å². The fourth-order valence-corrected chi connectivity index (χ4v) is 3.67. The fraction of sp³-hybridized carbons (Fsp3) is 0.588. The third-order valence-electron chi connectivity index (χ3n) is 4.89. The molecule has 0 spiro atoms. The molecule has 1 saturated carbocycles. The van der Waals surface area contributed by atoms with Gasteiger partial charge in [-0.1, -0.05) is 19.8 Å². The van der Waals surface area contributed by atoms with Gasteiger partial charge in [0.05, 0.1) is 11.0 Å². The number of benzene rings is 1. The molecule has 1 aromatic carbocycles. The van der Waals surface area contributed by atoms with Gasteiger partial charge in [-0.25, -0.2) is 4.98 Å². The molecule has 3 N–H and O–H groups in total. The summed E-state index contributed by atoms with van der Waals surface area (Å²) < 4.78 is 2.34. The average molecular weight is 287 g/mol. The van der Waals surface area contributed by atoms with Crippen molar-refractivity contribution < 1.29 is 5.11 Å². The molecule has 4 nitrogen and oxygen atoms in total. The number of nitrogens with zero attached hydrogens (tertiary/aromatic N) is 2. The Bertz CT molecular complexity index is 620. The number of nitrogens with two attached hydrogens (primary N) is 1. The summed E-state index contributed by atoms with van der Waals surface area (Å²) >= 11 is 0. The second kappa shape index (κ2) is 6.06. The van der Waals surface area contributed by atoms with Crippen molar-refractivity contribution in [3.05, 3.63) is 24.0 Å². The van der Waals surface area contributed by atoms with Crippen LogP contribution in [0.5, 0.6) is 0 Å². The van der Waals surface area contributed by atoms with Crippen molar-refractivity contribution in [2.45, 2.75) is 45.6 Å². The van der Waals surface area contributed by atoms with Gasteiger partial charge in [-0.05, 0) is 42.9 Å². The molecule has 21 heavy (non-hydrogen) atoms. The van der Waals surface area contributed by atoms with E-state index in [-0.39, 0.29) is 0 Å². The third kappa shape index (κ3) is 2.77. The summed E-state index contributed by atoms with van der Waals surface area (Å²) in [4.78, 5) is 4.73. The van der Waals surface area contributed by atoms with E-state index >= 15 is 0 Å². The number of rotatable bonds is 4. The van der Waals surface area contributed by atoms with Crippen LogP contribution in [0.4, 0.5) is 5.69 Å². The maximum Gasteiger partial charge on any atom is 0.109 e.